The van der Waals surface area contributed by atoms with Crippen LogP contribution >= 0.6 is 0 Å². The monoisotopic (exact) mass is 859 g/mol. The molecule has 0 amide bonds. The van der Waals surface area contributed by atoms with Crippen LogP contribution in [0.1, 0.15) is 118 Å². The van der Waals surface area contributed by atoms with Gasteiger partial charge in [0.15, 0.2) is 5.71 Å². The third-order valence-corrected chi connectivity index (χ3v) is 12.9. The van der Waals surface area contributed by atoms with Crippen molar-refractivity contribution in [1.29, 1.82) is 0 Å². The van der Waals surface area contributed by atoms with E-state index in [1.807, 2.05) is 6.07 Å². The molecule has 0 fully saturated rings. The minimum atomic E-state index is -4.26. The molecule has 2 aliphatic heterocycles. The van der Waals surface area contributed by atoms with Crippen LogP contribution in [0.25, 0.3) is 0 Å². The fourth-order valence-corrected chi connectivity index (χ4v) is 9.42. The molecule has 3 aliphatic rings. The van der Waals surface area contributed by atoms with Crippen LogP contribution in [0.2, 0.25) is 0 Å². The Morgan fingerprint density at radius 2 is 1.62 bits per heavy atom. The summed E-state index contributed by atoms with van der Waals surface area (Å²) in [5.74, 6) is -0.566. The summed E-state index contributed by atoms with van der Waals surface area (Å²) in [5, 5.41) is 3.85. The second kappa shape index (κ2) is 21.8. The van der Waals surface area contributed by atoms with Gasteiger partial charge in [-0.1, -0.05) is 95.3 Å². The number of nitrogens with one attached hydrogen (secondary N) is 1. The number of carbonyl (C=O) groups is 1. The maximum Gasteiger partial charge on any atom is 1.00 e. The van der Waals surface area contributed by atoms with Gasteiger partial charge in [-0.2, -0.15) is 4.58 Å². The number of fused-ring (bicyclic) bond motifs is 2. The number of hydrogen-bond acceptors (Lipinski definition) is 7. The smallest absolute Gasteiger partial charge is 0.748 e. The number of allylic oxidation sites excluding steroid dienone is 7. The van der Waals surface area contributed by atoms with Crippen LogP contribution < -0.4 is 61.6 Å². The zero-order chi connectivity index (χ0) is 43.5. The fraction of sp³-hybridized carbons (Fsp3) is 0.440. The summed E-state index contributed by atoms with van der Waals surface area (Å²) in [5.41, 5.74) is 12.7. The van der Waals surface area contributed by atoms with Crippen molar-refractivity contribution in [3.05, 3.63) is 136 Å². The molecule has 1 aliphatic carbocycles. The molecule has 0 radical (unpaired) electrons. The van der Waals surface area contributed by atoms with E-state index in [1.165, 1.54) is 61.0 Å². The minimum Gasteiger partial charge on any atom is -0.748 e. The molecule has 0 saturated carbocycles. The number of anilines is 2. The van der Waals surface area contributed by atoms with Crippen molar-refractivity contribution in [3.63, 3.8) is 0 Å². The molecule has 3 aromatic rings. The van der Waals surface area contributed by atoms with Crippen molar-refractivity contribution in [2.24, 2.45) is 0 Å². The van der Waals surface area contributed by atoms with Gasteiger partial charge in [0.2, 0.25) is 5.69 Å². The summed E-state index contributed by atoms with van der Waals surface area (Å²) >= 11 is 0. The van der Waals surface area contributed by atoms with E-state index in [-0.39, 0.29) is 73.9 Å². The topological polar surface area (TPSA) is 102 Å². The van der Waals surface area contributed by atoms with Gasteiger partial charge in [-0.05, 0) is 105 Å². The third kappa shape index (κ3) is 11.7. The number of benzene rings is 3. The summed E-state index contributed by atoms with van der Waals surface area (Å²) < 4.78 is 47.3. The molecule has 0 saturated heterocycles. The average molecular weight is 860 g/mol. The Balaban J connectivity index is 0.00000269. The summed E-state index contributed by atoms with van der Waals surface area (Å²) in [6.45, 7) is 13.0. The largest absolute Gasteiger partial charge is 1.00 e. The molecule has 10 heteroatoms. The van der Waals surface area contributed by atoms with Crippen LogP contribution in [0.3, 0.4) is 0 Å². The van der Waals surface area contributed by atoms with E-state index in [1.54, 1.807) is 0 Å². The van der Waals surface area contributed by atoms with Crippen molar-refractivity contribution < 1.29 is 79.8 Å². The minimum absolute atomic E-state index is 0. The van der Waals surface area contributed by atoms with Gasteiger partial charge >= 0.3 is 57.4 Å². The normalized spacial score (nSPS) is 18.2. The summed E-state index contributed by atoms with van der Waals surface area (Å²) in [7, 11) is -1.59. The predicted octanol–water partition coefficient (Wildman–Crippen LogP) is 8.04. The van der Waals surface area contributed by atoms with Gasteiger partial charge in [-0.15, -0.1) is 0 Å². The molecule has 0 atom stereocenters. The van der Waals surface area contributed by atoms with Crippen LogP contribution in [0.15, 0.2) is 120 Å². The van der Waals surface area contributed by atoms with Gasteiger partial charge < -0.3 is 19.5 Å². The van der Waals surface area contributed by atoms with Crippen molar-refractivity contribution in [2.75, 3.05) is 36.2 Å². The van der Waals surface area contributed by atoms with E-state index in [4.69, 9.17) is 6.11 Å². The Labute approximate surface area is 404 Å². The summed E-state index contributed by atoms with van der Waals surface area (Å²) in [6.07, 6.45) is 17.5. The van der Waals surface area contributed by atoms with Gasteiger partial charge in [-0.25, -0.2) is 8.42 Å². The van der Waals surface area contributed by atoms with Crippen LogP contribution in [0, 0.1) is 0 Å². The van der Waals surface area contributed by atoms with Gasteiger partial charge in [-0.3, -0.25) is 4.79 Å². The summed E-state index contributed by atoms with van der Waals surface area (Å²) in [4.78, 5) is 14.1. The maximum absolute atomic E-state index is 11.8. The molecule has 8 nitrogen and oxygen atoms in total. The van der Waals surface area contributed by atoms with E-state index in [2.05, 4.69) is 140 Å². The number of rotatable bonds is 17. The first-order valence-electron chi connectivity index (χ1n) is 22.1. The van der Waals surface area contributed by atoms with Crippen molar-refractivity contribution in [1.82, 2.24) is 0 Å². The third-order valence-electron chi connectivity index (χ3n) is 12.1. The number of hydrogen-bond donors (Lipinski definition) is 1. The number of para-hydroxylation sites is 2. The van der Waals surface area contributed by atoms with Crippen molar-refractivity contribution in [2.45, 2.75) is 117 Å². The molecular weight excluding hydrogens is 794 g/mol. The molecule has 3 aromatic carbocycles. The molecule has 0 aromatic heterocycles. The number of carbonyl (C=O) groups excluding carboxylic acids is 1. The Hall–Kier alpha value is -3.09. The van der Waals surface area contributed by atoms with E-state index < -0.39 is 10.1 Å². The standard InChI is InChI=1S/C49H61N3O5S.CH4.K/c1-7-8-13-33-51-42-21-11-9-19-40(42)48(2,3)44(51)30-26-37-17-16-18-38(47(37)50-39-28-23-36(24-29-39)25-32-46(53)57-6)27-31-45-49(4,5)41-20-10-12-22-43(41)52(45)34-14-15-35-58(54,55)56;;/h9-12,19-24,26-31H,7-8,13-18,25,32-35H2,1-6H3,(H,54,55,56);1H4;/q;;+1/b38-27+,45-31+;;/i;1D;. The van der Waals surface area contributed by atoms with Gasteiger partial charge in [0.1, 0.15) is 6.54 Å². The fourth-order valence-electron chi connectivity index (χ4n) is 8.86. The van der Waals surface area contributed by atoms with Crippen LogP contribution in [0.5, 0.6) is 0 Å². The molecule has 60 heavy (non-hydrogen) atoms. The van der Waals surface area contributed by atoms with Gasteiger partial charge in [0, 0.05) is 72.4 Å². The second-order valence-electron chi connectivity index (χ2n) is 16.9. The van der Waals surface area contributed by atoms with Crippen molar-refractivity contribution >= 4 is 38.9 Å². The molecule has 2 heterocycles. The second-order valence-corrected chi connectivity index (χ2v) is 18.4. The first-order chi connectivity index (χ1) is 28.7. The van der Waals surface area contributed by atoms with Gasteiger partial charge in [0.05, 0.1) is 22.6 Å². The Morgan fingerprint density at radius 1 is 0.917 bits per heavy atom. The number of ether oxygens (including phenoxy) is 1. The van der Waals surface area contributed by atoms with Gasteiger partial charge in [0.25, 0.3) is 0 Å². The molecule has 0 unspecified atom stereocenters. The quantitative estimate of drug-likeness (QED) is 0.0483. The Bertz CT molecular complexity index is 2260. The van der Waals surface area contributed by atoms with E-state index in [0.29, 0.717) is 32.2 Å². The zero-order valence-corrected chi connectivity index (χ0v) is 41.2. The molecule has 1 N–H and O–H groups in total. The average Bonchev–Trinajstić information content (AvgIpc) is 3.59. The first-order valence-corrected chi connectivity index (χ1v) is 22.6. The SMILES string of the molecule is CCCCC[N+]1=C(/C=C/C2=C(Nc3ccc(CCC(=O)OC)cc3)C(=C/C=C3/N(CCCCS(=O)(=O)[O-])c4ccccc4C3(C)C)/CCC2)C(C)(C)c2ccccc21.[2H]C.[K+]. The predicted molar refractivity (Wildman–Crippen MR) is 243 cm³/mol. The first kappa shape index (κ1) is 47.9. The number of nitrogens with zero attached hydrogens (tertiary/aromatic N) is 2. The number of esters is 1. The Morgan fingerprint density at radius 3 is 2.32 bits per heavy atom. The molecule has 316 valence electrons. The molecule has 0 spiro atoms. The number of aryl methyl sites for hydroxylation is 1. The summed E-state index contributed by atoms with van der Waals surface area (Å²) in [6, 6.07) is 25.6. The van der Waals surface area contributed by atoms with E-state index >= 15 is 0 Å². The van der Waals surface area contributed by atoms with E-state index in [9.17, 15) is 17.8 Å². The number of methoxy groups -OCH3 is 1. The zero-order valence-electron chi connectivity index (χ0n) is 38.3. The van der Waals surface area contributed by atoms with E-state index in [0.717, 1.165) is 60.6 Å². The molecule has 6 rings (SSSR count). The van der Waals surface area contributed by atoms with Crippen LogP contribution in [-0.4, -0.2) is 55.2 Å². The molecular formula is C50H65KN3O5S+. The number of unbranched alkanes of at least 4 members (excludes halogenated alkanes) is 3. The van der Waals surface area contributed by atoms with Crippen LogP contribution in [-0.2, 0) is 36.9 Å². The Kier molecular flexibility index (Phi) is 17.4. The maximum atomic E-state index is 11.8. The van der Waals surface area contributed by atoms with Crippen molar-refractivity contribution in [3.8, 4) is 0 Å². The molecule has 0 bridgehead atoms. The van der Waals surface area contributed by atoms with Crippen LogP contribution in [0.4, 0.5) is 17.1 Å².